The number of carbonyl (C=O) groups excluding carboxylic acids is 1. The molecule has 0 aromatic rings. The molecule has 0 amide bonds. The van der Waals surface area contributed by atoms with E-state index in [1.54, 1.807) is 0 Å². The van der Waals surface area contributed by atoms with Crippen LogP contribution in [0.25, 0.3) is 0 Å². The Bertz CT molecular complexity index is 548. The van der Waals surface area contributed by atoms with Crippen molar-refractivity contribution in [2.24, 2.45) is 34.5 Å². The van der Waals surface area contributed by atoms with Crippen LogP contribution in [0.1, 0.15) is 78.6 Å². The normalized spacial score (nSPS) is 52.4. The van der Waals surface area contributed by atoms with Crippen LogP contribution in [-0.2, 0) is 4.79 Å². The molecule has 2 nitrogen and oxygen atoms in total. The van der Waals surface area contributed by atoms with E-state index in [2.05, 4.69) is 20.8 Å². The summed E-state index contributed by atoms with van der Waals surface area (Å²) in [6.07, 6.45) is 10.2. The second-order valence-corrected chi connectivity index (χ2v) is 12.7. The van der Waals surface area contributed by atoms with E-state index < -0.39 is 0 Å². The Kier molecular flexibility index (Phi) is 4.70. The van der Waals surface area contributed by atoms with Crippen LogP contribution in [0.3, 0.4) is 0 Å². The van der Waals surface area contributed by atoms with Crippen LogP contribution in [0.4, 0.5) is 0 Å². The van der Waals surface area contributed by atoms with E-state index >= 15 is 0 Å². The van der Waals surface area contributed by atoms with E-state index in [9.17, 15) is 9.90 Å². The minimum absolute atomic E-state index is 0.152. The quantitative estimate of drug-likeness (QED) is 0.672. The number of Topliss-reactive ketones (excluding diaryl/α,β-unsaturated/α-hetero) is 1. The van der Waals surface area contributed by atoms with Gasteiger partial charge in [0, 0.05) is 0 Å². The molecular formula is C22H36O2Se. The second-order valence-electron chi connectivity index (χ2n) is 10.1. The molecule has 0 aromatic heterocycles. The van der Waals surface area contributed by atoms with Crippen LogP contribution < -0.4 is 0 Å². The van der Waals surface area contributed by atoms with Crippen molar-refractivity contribution in [3.05, 3.63) is 0 Å². The van der Waals surface area contributed by atoms with E-state index in [1.807, 2.05) is 0 Å². The van der Waals surface area contributed by atoms with Gasteiger partial charge in [-0.1, -0.05) is 0 Å². The Balaban J connectivity index is 1.59. The average molecular weight is 411 g/mol. The summed E-state index contributed by atoms with van der Waals surface area (Å²) < 4.78 is 0. The van der Waals surface area contributed by atoms with Gasteiger partial charge in [-0.15, -0.1) is 0 Å². The summed E-state index contributed by atoms with van der Waals surface area (Å²) in [6, 6.07) is 0. The zero-order valence-electron chi connectivity index (χ0n) is 16.4. The molecule has 4 rings (SSSR count). The summed E-state index contributed by atoms with van der Waals surface area (Å²) in [7, 11) is 0. The first-order chi connectivity index (χ1) is 11.8. The Morgan fingerprint density at radius 1 is 1.08 bits per heavy atom. The predicted octanol–water partition coefficient (Wildman–Crippen LogP) is 4.89. The second kappa shape index (κ2) is 6.35. The van der Waals surface area contributed by atoms with Gasteiger partial charge in [0.25, 0.3) is 0 Å². The molecule has 142 valence electrons. The molecule has 4 aliphatic rings. The van der Waals surface area contributed by atoms with E-state index in [0.717, 1.165) is 48.8 Å². The standard InChI is InChI=1S/C22H36O2Se/c1-4-25-14-22(24)12-9-19-17-6-5-15-13-16(23)7-10-20(15,2)18(17)8-11-21(19,22)3/h15,17-19,24H,4-14H2,1-3H3. The molecule has 7 unspecified atom stereocenters. The van der Waals surface area contributed by atoms with Crippen molar-refractivity contribution in [3.63, 3.8) is 0 Å². The molecule has 0 aliphatic heterocycles. The van der Waals surface area contributed by atoms with Crippen LogP contribution in [0.2, 0.25) is 10.6 Å². The molecule has 4 aliphatic carbocycles. The molecule has 0 radical (unpaired) electrons. The van der Waals surface area contributed by atoms with Gasteiger partial charge in [0.15, 0.2) is 0 Å². The van der Waals surface area contributed by atoms with Crippen molar-refractivity contribution in [2.45, 2.75) is 94.8 Å². The maximum atomic E-state index is 12.0. The fourth-order valence-electron chi connectivity index (χ4n) is 7.66. The molecule has 1 N–H and O–H groups in total. The number of hydrogen-bond acceptors (Lipinski definition) is 2. The Morgan fingerprint density at radius 3 is 2.60 bits per heavy atom. The van der Waals surface area contributed by atoms with E-state index in [-0.39, 0.29) is 11.0 Å². The van der Waals surface area contributed by atoms with Gasteiger partial charge in [-0.3, -0.25) is 0 Å². The molecular weight excluding hydrogens is 375 g/mol. The molecule has 4 saturated carbocycles. The van der Waals surface area contributed by atoms with Gasteiger partial charge >= 0.3 is 160 Å². The van der Waals surface area contributed by atoms with Gasteiger partial charge < -0.3 is 0 Å². The molecule has 0 aromatic carbocycles. The number of hydrogen-bond donors (Lipinski definition) is 1. The van der Waals surface area contributed by atoms with Gasteiger partial charge in [-0.25, -0.2) is 0 Å². The number of carbonyl (C=O) groups is 1. The van der Waals surface area contributed by atoms with Gasteiger partial charge in [0.1, 0.15) is 0 Å². The number of fused-ring (bicyclic) bond motifs is 5. The molecule has 0 bridgehead atoms. The van der Waals surface area contributed by atoms with Crippen LogP contribution in [0, 0.1) is 34.5 Å². The summed E-state index contributed by atoms with van der Waals surface area (Å²) >= 11 is 0.594. The van der Waals surface area contributed by atoms with E-state index in [1.165, 1.54) is 37.4 Å². The summed E-state index contributed by atoms with van der Waals surface area (Å²) in [5.74, 6) is 3.48. The van der Waals surface area contributed by atoms with Crippen LogP contribution >= 0.6 is 0 Å². The van der Waals surface area contributed by atoms with Crippen molar-refractivity contribution in [1.29, 1.82) is 0 Å². The minimum atomic E-state index is -0.390. The van der Waals surface area contributed by atoms with Crippen molar-refractivity contribution in [3.8, 4) is 0 Å². The summed E-state index contributed by atoms with van der Waals surface area (Å²) in [5, 5.41) is 13.9. The van der Waals surface area contributed by atoms with Crippen LogP contribution in [0.5, 0.6) is 0 Å². The number of rotatable bonds is 3. The fraction of sp³-hybridized carbons (Fsp3) is 0.955. The number of aliphatic hydroxyl groups is 1. The van der Waals surface area contributed by atoms with Gasteiger partial charge in [0.2, 0.25) is 0 Å². The number of ketones is 1. The zero-order chi connectivity index (χ0) is 17.9. The predicted molar refractivity (Wildman–Crippen MR) is 103 cm³/mol. The Hall–Kier alpha value is 0.149. The summed E-state index contributed by atoms with van der Waals surface area (Å²) in [6.45, 7) is 7.22. The first-order valence-corrected chi connectivity index (χ1v) is 13.1. The molecule has 4 fully saturated rings. The fourth-order valence-corrected chi connectivity index (χ4v) is 9.79. The first kappa shape index (κ1) is 18.5. The van der Waals surface area contributed by atoms with Gasteiger partial charge in [-0.2, -0.15) is 0 Å². The molecule has 0 saturated heterocycles. The average Bonchev–Trinajstić information content (AvgIpc) is 2.85. The molecule has 7 atom stereocenters. The topological polar surface area (TPSA) is 37.3 Å². The molecule has 0 spiro atoms. The third-order valence-corrected chi connectivity index (χ3v) is 11.6. The van der Waals surface area contributed by atoms with Crippen molar-refractivity contribution in [1.82, 2.24) is 0 Å². The molecule has 25 heavy (non-hydrogen) atoms. The van der Waals surface area contributed by atoms with Crippen LogP contribution in [0.15, 0.2) is 0 Å². The van der Waals surface area contributed by atoms with Gasteiger partial charge in [-0.05, 0) is 0 Å². The van der Waals surface area contributed by atoms with Crippen molar-refractivity contribution in [2.75, 3.05) is 0 Å². The monoisotopic (exact) mass is 412 g/mol. The Morgan fingerprint density at radius 2 is 1.84 bits per heavy atom. The summed E-state index contributed by atoms with van der Waals surface area (Å²) in [4.78, 5) is 12.0. The van der Waals surface area contributed by atoms with E-state index in [4.69, 9.17) is 0 Å². The summed E-state index contributed by atoms with van der Waals surface area (Å²) in [5.41, 5.74) is 0.157. The third kappa shape index (κ3) is 2.63. The molecule has 3 heteroatoms. The SMILES string of the molecule is CC[Se]CC1(O)CCC2C3CCC4CC(=O)CCC4(C)C3CCC21C. The maximum absolute atomic E-state index is 12.0. The first-order valence-electron chi connectivity index (χ1n) is 10.7. The zero-order valence-corrected chi connectivity index (χ0v) is 18.1. The van der Waals surface area contributed by atoms with Crippen molar-refractivity contribution >= 4 is 20.7 Å². The Labute approximate surface area is 160 Å². The molecule has 0 heterocycles. The van der Waals surface area contributed by atoms with E-state index in [0.29, 0.717) is 32.1 Å². The third-order valence-electron chi connectivity index (χ3n) is 9.35. The van der Waals surface area contributed by atoms with Gasteiger partial charge in [0.05, 0.1) is 0 Å². The van der Waals surface area contributed by atoms with Crippen molar-refractivity contribution < 1.29 is 9.90 Å². The van der Waals surface area contributed by atoms with Crippen LogP contribution in [-0.4, -0.2) is 31.4 Å².